The van der Waals surface area contributed by atoms with E-state index in [-0.39, 0.29) is 10.7 Å². The summed E-state index contributed by atoms with van der Waals surface area (Å²) >= 11 is 0. The molecule has 2 aliphatic rings. The van der Waals surface area contributed by atoms with Crippen molar-refractivity contribution in [2.45, 2.75) is 57.2 Å². The third kappa shape index (κ3) is 3.66. The largest absolute Gasteiger partial charge is 0.313 e. The first-order valence-corrected chi connectivity index (χ1v) is 8.18. The van der Waals surface area contributed by atoms with Crippen LogP contribution in [0, 0.1) is 5.41 Å². The van der Waals surface area contributed by atoms with Crippen molar-refractivity contribution in [2.75, 3.05) is 13.1 Å². The number of hydrogen-bond acceptors (Lipinski definition) is 3. The molecule has 0 aromatic heterocycles. The SMILES string of the molecule is CC(CNC1CC1)S(=O)(=O)NCC1(C)CCC1. The standard InChI is InChI=1S/C12H24N2O2S/c1-10(8-13-11-4-5-11)17(15,16)14-9-12(2)6-3-7-12/h10-11,13-14H,3-9H2,1-2H3. The van der Waals surface area contributed by atoms with Crippen molar-refractivity contribution in [2.24, 2.45) is 5.41 Å². The maximum atomic E-state index is 12.0. The minimum absolute atomic E-state index is 0.205. The second-order valence-electron chi connectivity index (χ2n) is 6.02. The molecule has 2 aliphatic carbocycles. The van der Waals surface area contributed by atoms with Gasteiger partial charge in [0.15, 0.2) is 0 Å². The first kappa shape index (κ1) is 13.3. The molecule has 0 amide bonds. The van der Waals surface area contributed by atoms with Gasteiger partial charge in [0, 0.05) is 19.1 Å². The van der Waals surface area contributed by atoms with Crippen LogP contribution in [-0.2, 0) is 10.0 Å². The molecule has 2 N–H and O–H groups in total. The van der Waals surface area contributed by atoms with Crippen molar-refractivity contribution >= 4 is 10.0 Å². The summed E-state index contributed by atoms with van der Waals surface area (Å²) in [5.74, 6) is 0. The van der Waals surface area contributed by atoms with E-state index in [9.17, 15) is 8.42 Å². The maximum absolute atomic E-state index is 12.0. The second kappa shape index (κ2) is 4.86. The summed E-state index contributed by atoms with van der Waals surface area (Å²) in [5, 5.41) is 2.93. The Labute approximate surface area is 105 Å². The fraction of sp³-hybridized carbons (Fsp3) is 1.00. The van der Waals surface area contributed by atoms with Gasteiger partial charge in [-0.2, -0.15) is 0 Å². The van der Waals surface area contributed by atoms with E-state index in [1.165, 1.54) is 19.3 Å². The highest BCUT2D eigenvalue weighted by Gasteiger charge is 2.34. The molecule has 5 heteroatoms. The minimum atomic E-state index is -3.15. The van der Waals surface area contributed by atoms with Crippen molar-refractivity contribution in [1.82, 2.24) is 10.0 Å². The highest BCUT2D eigenvalue weighted by molar-refractivity contribution is 7.90. The first-order valence-electron chi connectivity index (χ1n) is 6.63. The van der Waals surface area contributed by atoms with Gasteiger partial charge in [-0.05, 0) is 38.0 Å². The molecule has 2 saturated carbocycles. The fourth-order valence-electron chi connectivity index (χ4n) is 2.10. The predicted octanol–water partition coefficient (Wildman–Crippen LogP) is 1.24. The highest BCUT2D eigenvalue weighted by Crippen LogP contribution is 2.39. The van der Waals surface area contributed by atoms with E-state index < -0.39 is 10.0 Å². The van der Waals surface area contributed by atoms with E-state index in [1.807, 2.05) is 0 Å². The molecule has 1 unspecified atom stereocenters. The summed E-state index contributed by atoms with van der Waals surface area (Å²) in [5.41, 5.74) is 0.205. The van der Waals surface area contributed by atoms with E-state index >= 15 is 0 Å². The van der Waals surface area contributed by atoms with Crippen LogP contribution in [0.1, 0.15) is 46.0 Å². The minimum Gasteiger partial charge on any atom is -0.313 e. The van der Waals surface area contributed by atoms with Crippen molar-refractivity contribution in [3.05, 3.63) is 0 Å². The van der Waals surface area contributed by atoms with Gasteiger partial charge in [-0.1, -0.05) is 13.3 Å². The van der Waals surface area contributed by atoms with Crippen molar-refractivity contribution in [1.29, 1.82) is 0 Å². The predicted molar refractivity (Wildman–Crippen MR) is 69.4 cm³/mol. The Morgan fingerprint density at radius 2 is 2.00 bits per heavy atom. The lowest BCUT2D eigenvalue weighted by Crippen LogP contribution is -2.45. The van der Waals surface area contributed by atoms with Gasteiger partial charge in [0.05, 0.1) is 5.25 Å². The van der Waals surface area contributed by atoms with Crippen LogP contribution in [0.5, 0.6) is 0 Å². The van der Waals surface area contributed by atoms with Crippen molar-refractivity contribution < 1.29 is 8.42 Å². The molecule has 0 heterocycles. The third-order valence-electron chi connectivity index (χ3n) is 4.06. The molecule has 4 nitrogen and oxygen atoms in total. The van der Waals surface area contributed by atoms with Crippen LogP contribution in [-0.4, -0.2) is 32.8 Å². The van der Waals surface area contributed by atoms with Gasteiger partial charge in [0.2, 0.25) is 10.0 Å². The quantitative estimate of drug-likeness (QED) is 0.724. The Bertz CT molecular complexity index is 359. The summed E-state index contributed by atoms with van der Waals surface area (Å²) in [6, 6.07) is 0.566. The van der Waals surface area contributed by atoms with Gasteiger partial charge < -0.3 is 5.32 Å². The zero-order chi connectivity index (χ0) is 12.5. The first-order chi connectivity index (χ1) is 7.91. The molecule has 2 rings (SSSR count). The van der Waals surface area contributed by atoms with Gasteiger partial charge in [-0.15, -0.1) is 0 Å². The van der Waals surface area contributed by atoms with Crippen LogP contribution in [0.3, 0.4) is 0 Å². The number of hydrogen-bond donors (Lipinski definition) is 2. The van der Waals surface area contributed by atoms with Gasteiger partial charge in [-0.3, -0.25) is 0 Å². The Morgan fingerprint density at radius 3 is 2.47 bits per heavy atom. The molecule has 2 fully saturated rings. The lowest BCUT2D eigenvalue weighted by molar-refractivity contribution is 0.166. The molecular weight excluding hydrogens is 236 g/mol. The molecule has 1 atom stereocenters. The van der Waals surface area contributed by atoms with E-state index in [0.29, 0.717) is 19.1 Å². The smallest absolute Gasteiger partial charge is 0.215 e. The highest BCUT2D eigenvalue weighted by atomic mass is 32.2. The Hall–Kier alpha value is -0.130. The van der Waals surface area contributed by atoms with E-state index in [1.54, 1.807) is 6.92 Å². The van der Waals surface area contributed by atoms with Gasteiger partial charge in [-0.25, -0.2) is 13.1 Å². The Morgan fingerprint density at radius 1 is 1.35 bits per heavy atom. The van der Waals surface area contributed by atoms with Crippen LogP contribution in [0.15, 0.2) is 0 Å². The Kier molecular flexibility index (Phi) is 3.80. The summed E-state index contributed by atoms with van der Waals surface area (Å²) in [6.07, 6.45) is 5.90. The molecule has 0 aromatic carbocycles. The lowest BCUT2D eigenvalue weighted by Gasteiger charge is -2.38. The number of sulfonamides is 1. The third-order valence-corrected chi connectivity index (χ3v) is 5.83. The van der Waals surface area contributed by atoms with Crippen LogP contribution < -0.4 is 10.0 Å². The van der Waals surface area contributed by atoms with E-state index in [4.69, 9.17) is 0 Å². The molecule has 0 aliphatic heterocycles. The summed E-state index contributed by atoms with van der Waals surface area (Å²) in [6.45, 7) is 5.10. The molecule has 17 heavy (non-hydrogen) atoms. The second-order valence-corrected chi connectivity index (χ2v) is 8.21. The maximum Gasteiger partial charge on any atom is 0.215 e. The van der Waals surface area contributed by atoms with Gasteiger partial charge in [0.1, 0.15) is 0 Å². The van der Waals surface area contributed by atoms with Gasteiger partial charge >= 0.3 is 0 Å². The average Bonchev–Trinajstić information content (AvgIpc) is 3.04. The summed E-state index contributed by atoms with van der Waals surface area (Å²) in [7, 11) is -3.15. The average molecular weight is 260 g/mol. The lowest BCUT2D eigenvalue weighted by atomic mass is 9.71. The molecular formula is C12H24N2O2S. The zero-order valence-corrected chi connectivity index (χ0v) is 11.6. The van der Waals surface area contributed by atoms with Crippen LogP contribution >= 0.6 is 0 Å². The fourth-order valence-corrected chi connectivity index (χ4v) is 3.25. The molecule has 0 aromatic rings. The molecule has 0 spiro atoms. The summed E-state index contributed by atoms with van der Waals surface area (Å²) < 4.78 is 26.8. The van der Waals surface area contributed by atoms with Crippen LogP contribution in [0.4, 0.5) is 0 Å². The van der Waals surface area contributed by atoms with Crippen LogP contribution in [0.2, 0.25) is 0 Å². The van der Waals surface area contributed by atoms with E-state index in [2.05, 4.69) is 17.0 Å². The zero-order valence-electron chi connectivity index (χ0n) is 10.8. The van der Waals surface area contributed by atoms with Gasteiger partial charge in [0.25, 0.3) is 0 Å². The number of nitrogens with one attached hydrogen (secondary N) is 2. The molecule has 100 valence electrons. The topological polar surface area (TPSA) is 58.2 Å². The normalized spacial score (nSPS) is 25.3. The number of rotatable bonds is 7. The molecule has 0 bridgehead atoms. The van der Waals surface area contributed by atoms with E-state index in [0.717, 1.165) is 12.8 Å². The molecule has 0 radical (unpaired) electrons. The Balaban J connectivity index is 1.75. The monoisotopic (exact) mass is 260 g/mol. The van der Waals surface area contributed by atoms with Crippen LogP contribution in [0.25, 0.3) is 0 Å². The van der Waals surface area contributed by atoms with Crippen molar-refractivity contribution in [3.8, 4) is 0 Å². The summed E-state index contributed by atoms with van der Waals surface area (Å²) in [4.78, 5) is 0. The molecule has 0 saturated heterocycles. The van der Waals surface area contributed by atoms with Crippen molar-refractivity contribution in [3.63, 3.8) is 0 Å².